The highest BCUT2D eigenvalue weighted by molar-refractivity contribution is 9.09. The Morgan fingerprint density at radius 2 is 1.93 bits per heavy atom. The summed E-state index contributed by atoms with van der Waals surface area (Å²) in [5.74, 6) is 0.915. The molecule has 2 saturated heterocycles. The summed E-state index contributed by atoms with van der Waals surface area (Å²) in [5, 5.41) is 0.853. The number of nitrogens with zero attached hydrogens (tertiary/aromatic N) is 3. The number of piperidine rings is 1. The number of aryl methyl sites for hydroxylation is 2. The second-order valence-corrected chi connectivity index (χ2v) is 9.12. The van der Waals surface area contributed by atoms with E-state index in [4.69, 9.17) is 4.74 Å². The molecule has 4 nitrogen and oxygen atoms in total. The summed E-state index contributed by atoms with van der Waals surface area (Å²) in [5.41, 5.74) is 3.26. The lowest BCUT2D eigenvalue weighted by Crippen LogP contribution is -2.57. The standard InChI is InChI=1S/C23H29BrFN3O/c1-18-3-7-26-22(12-18)28-10-11-29-23(17-28)4-8-27(9-5-23)16-20-13-19(2-6-24)14-21(25)15-20/h3,7,12-15H,2,4-6,8-11,16-17H2,1H3. The van der Waals surface area contributed by atoms with Crippen molar-refractivity contribution in [2.75, 3.05) is 43.0 Å². The molecule has 0 aliphatic carbocycles. The molecule has 2 fully saturated rings. The number of hydrogen-bond acceptors (Lipinski definition) is 4. The fourth-order valence-electron chi connectivity index (χ4n) is 4.47. The molecule has 0 saturated carbocycles. The van der Waals surface area contributed by atoms with E-state index in [1.165, 1.54) is 5.56 Å². The minimum Gasteiger partial charge on any atom is -0.371 e. The molecule has 29 heavy (non-hydrogen) atoms. The number of alkyl halides is 1. The topological polar surface area (TPSA) is 28.6 Å². The monoisotopic (exact) mass is 461 g/mol. The molecule has 6 heteroatoms. The van der Waals surface area contributed by atoms with Crippen LogP contribution in [0.15, 0.2) is 36.5 Å². The maximum absolute atomic E-state index is 14.0. The number of anilines is 1. The second-order valence-electron chi connectivity index (χ2n) is 8.33. The molecule has 156 valence electrons. The van der Waals surface area contributed by atoms with Crippen LogP contribution in [0.5, 0.6) is 0 Å². The molecule has 2 aliphatic heterocycles. The van der Waals surface area contributed by atoms with Crippen molar-refractivity contribution in [2.24, 2.45) is 0 Å². The fourth-order valence-corrected chi connectivity index (χ4v) is 4.93. The molecule has 0 unspecified atom stereocenters. The summed E-state index contributed by atoms with van der Waals surface area (Å²) in [6.45, 7) is 7.38. The molecule has 2 aliphatic rings. The summed E-state index contributed by atoms with van der Waals surface area (Å²) in [4.78, 5) is 9.35. The van der Waals surface area contributed by atoms with Crippen LogP contribution in [0.1, 0.15) is 29.5 Å². The number of aromatic nitrogens is 1. The number of pyridine rings is 1. The van der Waals surface area contributed by atoms with Crippen LogP contribution in [0.2, 0.25) is 0 Å². The van der Waals surface area contributed by atoms with E-state index in [-0.39, 0.29) is 11.4 Å². The van der Waals surface area contributed by atoms with Crippen LogP contribution in [-0.2, 0) is 17.7 Å². The minimum atomic E-state index is -0.135. The Balaban J connectivity index is 1.37. The van der Waals surface area contributed by atoms with Crippen molar-refractivity contribution >= 4 is 21.7 Å². The molecule has 0 amide bonds. The van der Waals surface area contributed by atoms with Gasteiger partial charge in [-0.3, -0.25) is 4.90 Å². The zero-order valence-electron chi connectivity index (χ0n) is 17.0. The largest absolute Gasteiger partial charge is 0.371 e. The Hall–Kier alpha value is -1.50. The Morgan fingerprint density at radius 1 is 1.14 bits per heavy atom. The van der Waals surface area contributed by atoms with E-state index < -0.39 is 0 Å². The maximum atomic E-state index is 14.0. The van der Waals surface area contributed by atoms with Gasteiger partial charge in [0.05, 0.1) is 12.2 Å². The van der Waals surface area contributed by atoms with Crippen LogP contribution in [0.25, 0.3) is 0 Å². The summed E-state index contributed by atoms with van der Waals surface area (Å²) >= 11 is 3.44. The van der Waals surface area contributed by atoms with E-state index >= 15 is 0 Å². The van der Waals surface area contributed by atoms with E-state index in [1.54, 1.807) is 12.1 Å². The lowest BCUT2D eigenvalue weighted by molar-refractivity contribution is -0.0922. The van der Waals surface area contributed by atoms with Gasteiger partial charge in [-0.15, -0.1) is 0 Å². The van der Waals surface area contributed by atoms with Gasteiger partial charge in [0, 0.05) is 44.3 Å². The highest BCUT2D eigenvalue weighted by Crippen LogP contribution is 2.32. The van der Waals surface area contributed by atoms with E-state index in [2.05, 4.69) is 49.8 Å². The van der Waals surface area contributed by atoms with Crippen LogP contribution in [0.3, 0.4) is 0 Å². The Bertz CT molecular complexity index is 839. The fraction of sp³-hybridized carbons (Fsp3) is 0.522. The number of benzene rings is 1. The van der Waals surface area contributed by atoms with Crippen molar-refractivity contribution in [1.29, 1.82) is 0 Å². The highest BCUT2D eigenvalue weighted by Gasteiger charge is 2.40. The molecule has 0 bridgehead atoms. The van der Waals surface area contributed by atoms with Crippen LogP contribution in [0, 0.1) is 12.7 Å². The number of ether oxygens (including phenoxy) is 1. The average molecular weight is 462 g/mol. The van der Waals surface area contributed by atoms with Crippen LogP contribution < -0.4 is 4.90 Å². The molecule has 0 radical (unpaired) electrons. The zero-order valence-corrected chi connectivity index (χ0v) is 18.6. The van der Waals surface area contributed by atoms with Crippen molar-refractivity contribution in [3.05, 3.63) is 59.0 Å². The first-order chi connectivity index (χ1) is 14.0. The van der Waals surface area contributed by atoms with Crippen molar-refractivity contribution < 1.29 is 9.13 Å². The summed E-state index contributed by atoms with van der Waals surface area (Å²) in [7, 11) is 0. The lowest BCUT2D eigenvalue weighted by Gasteiger charge is -2.47. The highest BCUT2D eigenvalue weighted by atomic mass is 79.9. The van der Waals surface area contributed by atoms with Crippen molar-refractivity contribution in [3.8, 4) is 0 Å². The Labute approximate surface area is 181 Å². The predicted molar refractivity (Wildman–Crippen MR) is 118 cm³/mol. The molecule has 3 heterocycles. The third-order valence-electron chi connectivity index (χ3n) is 6.05. The summed E-state index contributed by atoms with van der Waals surface area (Å²) in [6, 6.07) is 9.64. The number of halogens is 2. The van der Waals surface area contributed by atoms with Gasteiger partial charge in [-0.25, -0.2) is 9.37 Å². The maximum Gasteiger partial charge on any atom is 0.128 e. The van der Waals surface area contributed by atoms with E-state index in [0.717, 1.165) is 80.9 Å². The van der Waals surface area contributed by atoms with E-state index in [0.29, 0.717) is 0 Å². The SMILES string of the molecule is Cc1ccnc(N2CCOC3(CCN(Cc4cc(F)cc(CCBr)c4)CC3)C2)c1. The number of hydrogen-bond donors (Lipinski definition) is 0. The van der Waals surface area contributed by atoms with Gasteiger partial charge in [0.2, 0.25) is 0 Å². The summed E-state index contributed by atoms with van der Waals surface area (Å²) in [6.07, 6.45) is 4.74. The first-order valence-electron chi connectivity index (χ1n) is 10.4. The van der Waals surface area contributed by atoms with E-state index in [1.807, 2.05) is 12.3 Å². The molecule has 1 aromatic carbocycles. The van der Waals surface area contributed by atoms with Gasteiger partial charge in [0.15, 0.2) is 0 Å². The van der Waals surface area contributed by atoms with Crippen molar-refractivity contribution in [2.45, 2.75) is 38.3 Å². The van der Waals surface area contributed by atoms with E-state index in [9.17, 15) is 4.39 Å². The Kier molecular flexibility index (Phi) is 6.52. The van der Waals surface area contributed by atoms with Crippen LogP contribution >= 0.6 is 15.9 Å². The number of rotatable bonds is 5. The number of morpholine rings is 1. The molecule has 0 N–H and O–H groups in total. The quantitative estimate of drug-likeness (QED) is 0.619. The molecular formula is C23H29BrFN3O. The van der Waals surface area contributed by atoms with Gasteiger partial charge in [0.1, 0.15) is 11.6 Å². The number of likely N-dealkylation sites (tertiary alicyclic amines) is 1. The normalized spacial score (nSPS) is 19.6. The van der Waals surface area contributed by atoms with Gasteiger partial charge in [-0.1, -0.05) is 22.0 Å². The predicted octanol–water partition coefficient (Wildman–Crippen LogP) is 4.34. The molecule has 4 rings (SSSR count). The second kappa shape index (κ2) is 9.11. The molecular weight excluding hydrogens is 433 g/mol. The van der Waals surface area contributed by atoms with Gasteiger partial charge in [-0.2, -0.15) is 0 Å². The zero-order chi connectivity index (χ0) is 20.3. The van der Waals surface area contributed by atoms with Crippen molar-refractivity contribution in [3.63, 3.8) is 0 Å². The van der Waals surface area contributed by atoms with Crippen LogP contribution in [0.4, 0.5) is 10.2 Å². The van der Waals surface area contributed by atoms with Crippen molar-refractivity contribution in [1.82, 2.24) is 9.88 Å². The Morgan fingerprint density at radius 3 is 2.69 bits per heavy atom. The van der Waals surface area contributed by atoms with Crippen LogP contribution in [-0.4, -0.2) is 53.6 Å². The molecule has 1 aromatic heterocycles. The van der Waals surface area contributed by atoms with Gasteiger partial charge in [-0.05, 0) is 67.1 Å². The smallest absolute Gasteiger partial charge is 0.128 e. The molecule has 0 atom stereocenters. The van der Waals surface area contributed by atoms with Gasteiger partial charge < -0.3 is 9.64 Å². The van der Waals surface area contributed by atoms with Gasteiger partial charge >= 0.3 is 0 Å². The first kappa shape index (κ1) is 20.8. The third-order valence-corrected chi connectivity index (χ3v) is 6.44. The van der Waals surface area contributed by atoms with Gasteiger partial charge in [0.25, 0.3) is 0 Å². The minimum absolute atomic E-state index is 0.0940. The molecule has 2 aromatic rings. The summed E-state index contributed by atoms with van der Waals surface area (Å²) < 4.78 is 20.3. The molecule has 1 spiro atoms. The first-order valence-corrected chi connectivity index (χ1v) is 11.6. The third kappa shape index (κ3) is 5.16. The lowest BCUT2D eigenvalue weighted by atomic mass is 9.89. The average Bonchev–Trinajstić information content (AvgIpc) is 2.70.